The molecule has 28 heavy (non-hydrogen) atoms. The summed E-state index contributed by atoms with van der Waals surface area (Å²) in [6.45, 7) is 11.1. The van der Waals surface area contributed by atoms with Crippen LogP contribution in [0.2, 0.25) is 0 Å². The number of nitrogens with zero attached hydrogens (tertiary/aromatic N) is 3. The number of hydrogen-bond acceptors (Lipinski definition) is 7. The number of fused-ring (bicyclic) bond motifs is 1. The highest BCUT2D eigenvalue weighted by Gasteiger charge is 2.31. The van der Waals surface area contributed by atoms with Crippen LogP contribution in [0.5, 0.6) is 0 Å². The summed E-state index contributed by atoms with van der Waals surface area (Å²) in [4.78, 5) is 25.5. The Morgan fingerprint density at radius 3 is 2.86 bits per heavy atom. The van der Waals surface area contributed by atoms with E-state index in [9.17, 15) is 4.79 Å². The second kappa shape index (κ2) is 8.18. The summed E-state index contributed by atoms with van der Waals surface area (Å²) in [5.74, 6) is 0.508. The second-order valence-corrected chi connectivity index (χ2v) is 10.7. The van der Waals surface area contributed by atoms with Crippen LogP contribution in [0.25, 0.3) is 0 Å². The molecule has 2 aromatic rings. The van der Waals surface area contributed by atoms with Crippen LogP contribution in [0.15, 0.2) is 5.38 Å². The molecule has 0 radical (unpaired) electrons. The molecule has 2 aromatic heterocycles. The van der Waals surface area contributed by atoms with Gasteiger partial charge in [-0.3, -0.25) is 15.0 Å². The lowest BCUT2D eigenvalue weighted by Gasteiger charge is -2.33. The fourth-order valence-electron chi connectivity index (χ4n) is 3.77. The average molecular weight is 421 g/mol. The molecule has 6 nitrogen and oxygen atoms in total. The van der Waals surface area contributed by atoms with Crippen LogP contribution in [-0.4, -0.2) is 47.1 Å². The van der Waals surface area contributed by atoms with Crippen LogP contribution < -0.4 is 5.32 Å². The molecule has 0 aromatic carbocycles. The van der Waals surface area contributed by atoms with E-state index in [1.807, 2.05) is 5.38 Å². The summed E-state index contributed by atoms with van der Waals surface area (Å²) in [6, 6.07) is 0. The normalized spacial score (nSPS) is 20.8. The van der Waals surface area contributed by atoms with Gasteiger partial charge >= 0.3 is 0 Å². The monoisotopic (exact) mass is 420 g/mol. The molecule has 0 bridgehead atoms. The van der Waals surface area contributed by atoms with Gasteiger partial charge in [0.2, 0.25) is 0 Å². The van der Waals surface area contributed by atoms with E-state index in [0.717, 1.165) is 56.4 Å². The highest BCUT2D eigenvalue weighted by molar-refractivity contribution is 7.16. The van der Waals surface area contributed by atoms with Gasteiger partial charge in [0.1, 0.15) is 10.7 Å². The number of morpholine rings is 1. The number of hydrogen-bond donors (Lipinski definition) is 1. The van der Waals surface area contributed by atoms with E-state index in [1.165, 1.54) is 11.3 Å². The van der Waals surface area contributed by atoms with Gasteiger partial charge in [0.05, 0.1) is 25.5 Å². The first-order valence-electron chi connectivity index (χ1n) is 9.93. The number of ether oxygens (including phenoxy) is 1. The Labute approximate surface area is 174 Å². The Kier molecular flexibility index (Phi) is 5.83. The van der Waals surface area contributed by atoms with Crippen molar-refractivity contribution in [3.63, 3.8) is 0 Å². The van der Waals surface area contributed by atoms with Gasteiger partial charge in [0.25, 0.3) is 5.91 Å². The minimum Gasteiger partial charge on any atom is -0.379 e. The first-order valence-corrected chi connectivity index (χ1v) is 11.6. The fourth-order valence-corrected chi connectivity index (χ4v) is 5.67. The Balaban J connectivity index is 1.37. The van der Waals surface area contributed by atoms with Crippen molar-refractivity contribution in [1.29, 1.82) is 0 Å². The van der Waals surface area contributed by atoms with E-state index in [0.29, 0.717) is 22.2 Å². The molecule has 1 saturated heterocycles. The number of thiazole rings is 2. The second-order valence-electron chi connectivity index (χ2n) is 8.66. The average Bonchev–Trinajstić information content (AvgIpc) is 3.27. The standard InChI is InChI=1S/C20H28N4O2S2/c1-20(2,3)13-4-5-14-16(10-13)28-19(22-14)23-18(25)15-12-27-17(21-15)11-24-6-8-26-9-7-24/h12-13H,4-11H2,1-3H3,(H,22,23,25). The van der Waals surface area contributed by atoms with Gasteiger partial charge in [0, 0.05) is 23.3 Å². The van der Waals surface area contributed by atoms with Crippen molar-refractivity contribution in [2.24, 2.45) is 11.3 Å². The minimum atomic E-state index is -0.164. The van der Waals surface area contributed by atoms with E-state index in [-0.39, 0.29) is 5.91 Å². The number of carbonyl (C=O) groups excluding carboxylic acids is 1. The molecule has 0 spiro atoms. The number of aromatic nitrogens is 2. The molecule has 1 N–H and O–H groups in total. The molecule has 1 atom stereocenters. The van der Waals surface area contributed by atoms with Crippen LogP contribution in [0.3, 0.4) is 0 Å². The van der Waals surface area contributed by atoms with Gasteiger partial charge in [-0.2, -0.15) is 0 Å². The number of aryl methyl sites for hydroxylation is 1. The maximum Gasteiger partial charge on any atom is 0.276 e. The molecule has 1 fully saturated rings. The van der Waals surface area contributed by atoms with Gasteiger partial charge in [0.15, 0.2) is 5.13 Å². The zero-order valence-electron chi connectivity index (χ0n) is 16.8. The van der Waals surface area contributed by atoms with Crippen molar-refractivity contribution >= 4 is 33.7 Å². The van der Waals surface area contributed by atoms with Crippen molar-refractivity contribution < 1.29 is 9.53 Å². The largest absolute Gasteiger partial charge is 0.379 e. The van der Waals surface area contributed by atoms with Crippen LogP contribution in [0.1, 0.15) is 53.3 Å². The number of rotatable bonds is 4. The molecule has 1 aliphatic carbocycles. The van der Waals surface area contributed by atoms with Crippen LogP contribution in [0.4, 0.5) is 5.13 Å². The Morgan fingerprint density at radius 2 is 2.11 bits per heavy atom. The maximum absolute atomic E-state index is 12.6. The van der Waals surface area contributed by atoms with Crippen molar-refractivity contribution in [1.82, 2.24) is 14.9 Å². The lowest BCUT2D eigenvalue weighted by atomic mass is 9.73. The SMILES string of the molecule is CC(C)(C)C1CCc2nc(NC(=O)c3csc(CN4CCOCC4)n3)sc2C1. The minimum absolute atomic E-state index is 0.164. The summed E-state index contributed by atoms with van der Waals surface area (Å²) >= 11 is 3.16. The van der Waals surface area contributed by atoms with E-state index >= 15 is 0 Å². The molecular formula is C20H28N4O2S2. The van der Waals surface area contributed by atoms with Gasteiger partial charge in [-0.15, -0.1) is 22.7 Å². The molecule has 1 amide bonds. The summed E-state index contributed by atoms with van der Waals surface area (Å²) in [5, 5.41) is 6.48. The quantitative estimate of drug-likeness (QED) is 0.814. The Hall–Kier alpha value is -1.35. The first kappa shape index (κ1) is 19.9. The fraction of sp³-hybridized carbons (Fsp3) is 0.650. The predicted octanol–water partition coefficient (Wildman–Crippen LogP) is 3.84. The first-order chi connectivity index (χ1) is 13.4. The molecule has 1 unspecified atom stereocenters. The summed E-state index contributed by atoms with van der Waals surface area (Å²) in [5.41, 5.74) is 1.95. The Bertz CT molecular complexity index is 834. The van der Waals surface area contributed by atoms with E-state index in [1.54, 1.807) is 22.7 Å². The number of anilines is 1. The maximum atomic E-state index is 12.6. The molecule has 3 heterocycles. The van der Waals surface area contributed by atoms with Crippen molar-refractivity contribution in [3.05, 3.63) is 26.7 Å². The van der Waals surface area contributed by atoms with Crippen molar-refractivity contribution in [3.8, 4) is 0 Å². The zero-order chi connectivity index (χ0) is 19.7. The smallest absolute Gasteiger partial charge is 0.276 e. The van der Waals surface area contributed by atoms with Crippen LogP contribution in [0, 0.1) is 11.3 Å². The van der Waals surface area contributed by atoms with Crippen LogP contribution in [-0.2, 0) is 24.1 Å². The molecule has 1 aliphatic heterocycles. The lowest BCUT2D eigenvalue weighted by Crippen LogP contribution is -2.35. The molecule has 152 valence electrons. The van der Waals surface area contributed by atoms with Crippen LogP contribution >= 0.6 is 22.7 Å². The van der Waals surface area contributed by atoms with Crippen molar-refractivity contribution in [2.75, 3.05) is 31.6 Å². The third kappa shape index (κ3) is 4.62. The van der Waals surface area contributed by atoms with Gasteiger partial charge in [-0.05, 0) is 30.6 Å². The lowest BCUT2D eigenvalue weighted by molar-refractivity contribution is 0.0341. The Morgan fingerprint density at radius 1 is 1.32 bits per heavy atom. The topological polar surface area (TPSA) is 67.4 Å². The van der Waals surface area contributed by atoms with Gasteiger partial charge in [-0.1, -0.05) is 20.8 Å². The number of amides is 1. The summed E-state index contributed by atoms with van der Waals surface area (Å²) in [7, 11) is 0. The third-order valence-corrected chi connectivity index (χ3v) is 7.50. The summed E-state index contributed by atoms with van der Waals surface area (Å²) in [6.07, 6.45) is 3.24. The molecule has 2 aliphatic rings. The highest BCUT2D eigenvalue weighted by atomic mass is 32.1. The van der Waals surface area contributed by atoms with E-state index in [4.69, 9.17) is 4.74 Å². The molecule has 8 heteroatoms. The van der Waals surface area contributed by atoms with Crippen molar-refractivity contribution in [2.45, 2.75) is 46.6 Å². The summed E-state index contributed by atoms with van der Waals surface area (Å²) < 4.78 is 5.38. The molecular weight excluding hydrogens is 392 g/mol. The molecule has 0 saturated carbocycles. The van der Waals surface area contributed by atoms with Gasteiger partial charge in [-0.25, -0.2) is 9.97 Å². The number of nitrogens with one attached hydrogen (secondary N) is 1. The van der Waals surface area contributed by atoms with Gasteiger partial charge < -0.3 is 4.74 Å². The van der Waals surface area contributed by atoms with E-state index < -0.39 is 0 Å². The number of carbonyl (C=O) groups is 1. The highest BCUT2D eigenvalue weighted by Crippen LogP contribution is 2.40. The zero-order valence-corrected chi connectivity index (χ0v) is 18.4. The predicted molar refractivity (Wildman–Crippen MR) is 113 cm³/mol. The molecule has 4 rings (SSSR count). The third-order valence-electron chi connectivity index (χ3n) is 5.63. The van der Waals surface area contributed by atoms with E-state index in [2.05, 4.69) is 41.0 Å².